The Morgan fingerprint density at radius 2 is 2.19 bits per heavy atom. The molecule has 0 heterocycles. The molecule has 0 bridgehead atoms. The highest BCUT2D eigenvalue weighted by atomic mass is 19.1. The maximum absolute atomic E-state index is 13.3. The van der Waals surface area contributed by atoms with E-state index in [1.54, 1.807) is 6.07 Å². The molecule has 0 saturated carbocycles. The second kappa shape index (κ2) is 5.30. The van der Waals surface area contributed by atoms with E-state index >= 15 is 0 Å². The van der Waals surface area contributed by atoms with Crippen LogP contribution in [0.4, 0.5) is 10.1 Å². The second-order valence-electron chi connectivity index (χ2n) is 3.66. The molecule has 2 N–H and O–H groups in total. The Kier molecular flexibility index (Phi) is 4.05. The molecule has 3 nitrogen and oxygen atoms in total. The smallest absolute Gasteiger partial charge is 0.338 e. The van der Waals surface area contributed by atoms with Crippen molar-refractivity contribution in [3.05, 3.63) is 41.2 Å². The number of allylic oxidation sites excluding steroid dienone is 1. The SMILES string of the molecule is CC(C)=CCNc1ccc(C(=O)O)c(F)c1. The van der Waals surface area contributed by atoms with Gasteiger partial charge in [0.1, 0.15) is 5.82 Å². The Morgan fingerprint density at radius 1 is 1.50 bits per heavy atom. The molecule has 0 aliphatic carbocycles. The summed E-state index contributed by atoms with van der Waals surface area (Å²) >= 11 is 0. The van der Waals surface area contributed by atoms with Gasteiger partial charge >= 0.3 is 5.97 Å². The number of aromatic carboxylic acids is 1. The zero-order chi connectivity index (χ0) is 12.1. The highest BCUT2D eigenvalue weighted by Crippen LogP contribution is 2.14. The quantitative estimate of drug-likeness (QED) is 0.771. The minimum absolute atomic E-state index is 0.312. The summed E-state index contributed by atoms with van der Waals surface area (Å²) in [5, 5.41) is 11.6. The molecule has 1 rings (SSSR count). The molecule has 0 fully saturated rings. The van der Waals surface area contributed by atoms with Crippen LogP contribution in [0.15, 0.2) is 29.8 Å². The van der Waals surface area contributed by atoms with E-state index in [-0.39, 0.29) is 5.56 Å². The van der Waals surface area contributed by atoms with Gasteiger partial charge < -0.3 is 10.4 Å². The summed E-state index contributed by atoms with van der Waals surface area (Å²) in [6, 6.07) is 3.98. The van der Waals surface area contributed by atoms with Crippen molar-refractivity contribution in [1.29, 1.82) is 0 Å². The zero-order valence-electron chi connectivity index (χ0n) is 9.25. The molecule has 16 heavy (non-hydrogen) atoms. The third-order valence-electron chi connectivity index (χ3n) is 2.02. The normalized spacial score (nSPS) is 9.69. The molecule has 0 atom stereocenters. The number of hydrogen-bond acceptors (Lipinski definition) is 2. The van der Waals surface area contributed by atoms with Crippen LogP contribution in [-0.4, -0.2) is 17.6 Å². The first-order chi connectivity index (χ1) is 7.50. The molecule has 0 amide bonds. The first-order valence-corrected chi connectivity index (χ1v) is 4.91. The summed E-state index contributed by atoms with van der Waals surface area (Å²) in [7, 11) is 0. The highest BCUT2D eigenvalue weighted by molar-refractivity contribution is 5.88. The van der Waals surface area contributed by atoms with Gasteiger partial charge in [-0.15, -0.1) is 0 Å². The summed E-state index contributed by atoms with van der Waals surface area (Å²) in [5.74, 6) is -1.98. The maximum Gasteiger partial charge on any atom is 0.338 e. The van der Waals surface area contributed by atoms with Crippen molar-refractivity contribution in [1.82, 2.24) is 0 Å². The van der Waals surface area contributed by atoms with Gasteiger partial charge in [-0.2, -0.15) is 0 Å². The van der Waals surface area contributed by atoms with Crippen molar-refractivity contribution < 1.29 is 14.3 Å². The minimum atomic E-state index is -1.26. The Hall–Kier alpha value is -1.84. The van der Waals surface area contributed by atoms with Gasteiger partial charge in [-0.3, -0.25) is 0 Å². The summed E-state index contributed by atoms with van der Waals surface area (Å²) in [4.78, 5) is 10.6. The maximum atomic E-state index is 13.3. The Balaban J connectivity index is 2.74. The number of carbonyl (C=O) groups is 1. The van der Waals surface area contributed by atoms with Gasteiger partial charge in [-0.25, -0.2) is 9.18 Å². The Labute approximate surface area is 93.6 Å². The highest BCUT2D eigenvalue weighted by Gasteiger charge is 2.09. The van der Waals surface area contributed by atoms with Crippen molar-refractivity contribution >= 4 is 11.7 Å². The van der Waals surface area contributed by atoms with E-state index in [1.165, 1.54) is 12.1 Å². The molecular weight excluding hydrogens is 209 g/mol. The molecule has 0 saturated heterocycles. The number of nitrogens with one attached hydrogen (secondary N) is 1. The summed E-state index contributed by atoms with van der Waals surface area (Å²) in [6.07, 6.45) is 1.96. The van der Waals surface area contributed by atoms with E-state index in [0.29, 0.717) is 12.2 Å². The number of carboxylic acid groups (broad SMARTS) is 1. The van der Waals surface area contributed by atoms with Gasteiger partial charge in [0.05, 0.1) is 5.56 Å². The molecule has 0 aliphatic rings. The number of anilines is 1. The van der Waals surface area contributed by atoms with Crippen molar-refractivity contribution in [3.8, 4) is 0 Å². The number of rotatable bonds is 4. The lowest BCUT2D eigenvalue weighted by molar-refractivity contribution is 0.0692. The Bertz CT molecular complexity index is 423. The van der Waals surface area contributed by atoms with Gasteiger partial charge in [0, 0.05) is 12.2 Å². The number of carboxylic acids is 1. The third kappa shape index (κ3) is 3.38. The number of hydrogen-bond donors (Lipinski definition) is 2. The molecule has 1 aromatic rings. The van der Waals surface area contributed by atoms with Crippen LogP contribution in [0.25, 0.3) is 0 Å². The lowest BCUT2D eigenvalue weighted by Gasteiger charge is -2.05. The van der Waals surface area contributed by atoms with Crippen LogP contribution >= 0.6 is 0 Å². The van der Waals surface area contributed by atoms with Crippen LogP contribution in [0.3, 0.4) is 0 Å². The van der Waals surface area contributed by atoms with E-state index in [4.69, 9.17) is 5.11 Å². The van der Waals surface area contributed by atoms with Gasteiger partial charge in [0.2, 0.25) is 0 Å². The monoisotopic (exact) mass is 223 g/mol. The van der Waals surface area contributed by atoms with Crippen molar-refractivity contribution in [2.75, 3.05) is 11.9 Å². The zero-order valence-corrected chi connectivity index (χ0v) is 9.25. The molecule has 0 unspecified atom stereocenters. The van der Waals surface area contributed by atoms with Crippen LogP contribution in [-0.2, 0) is 0 Å². The first-order valence-electron chi connectivity index (χ1n) is 4.91. The van der Waals surface area contributed by atoms with Crippen LogP contribution in [0.2, 0.25) is 0 Å². The van der Waals surface area contributed by atoms with E-state index in [2.05, 4.69) is 5.32 Å². The minimum Gasteiger partial charge on any atom is -0.478 e. The second-order valence-corrected chi connectivity index (χ2v) is 3.66. The lowest BCUT2D eigenvalue weighted by Crippen LogP contribution is -2.03. The predicted octanol–water partition coefficient (Wildman–Crippen LogP) is 2.90. The van der Waals surface area contributed by atoms with Crippen LogP contribution in [0.1, 0.15) is 24.2 Å². The number of benzene rings is 1. The first kappa shape index (κ1) is 12.2. The van der Waals surface area contributed by atoms with E-state index < -0.39 is 11.8 Å². The lowest BCUT2D eigenvalue weighted by atomic mass is 10.2. The van der Waals surface area contributed by atoms with Gasteiger partial charge in [0.15, 0.2) is 0 Å². The van der Waals surface area contributed by atoms with Crippen LogP contribution in [0.5, 0.6) is 0 Å². The molecule has 0 spiro atoms. The summed E-state index contributed by atoms with van der Waals surface area (Å²) < 4.78 is 13.3. The Morgan fingerprint density at radius 3 is 2.69 bits per heavy atom. The fraction of sp³-hybridized carbons (Fsp3) is 0.250. The van der Waals surface area contributed by atoms with Crippen molar-refractivity contribution in [2.24, 2.45) is 0 Å². The fourth-order valence-electron chi connectivity index (χ4n) is 1.17. The van der Waals surface area contributed by atoms with Crippen LogP contribution in [0, 0.1) is 5.82 Å². The molecular formula is C12H14FNO2. The van der Waals surface area contributed by atoms with Crippen molar-refractivity contribution in [3.63, 3.8) is 0 Å². The van der Waals surface area contributed by atoms with E-state index in [9.17, 15) is 9.18 Å². The molecule has 0 aromatic heterocycles. The van der Waals surface area contributed by atoms with Gasteiger partial charge in [-0.1, -0.05) is 11.6 Å². The average molecular weight is 223 g/mol. The van der Waals surface area contributed by atoms with Crippen molar-refractivity contribution in [2.45, 2.75) is 13.8 Å². The largest absolute Gasteiger partial charge is 0.478 e. The molecule has 0 radical (unpaired) electrons. The average Bonchev–Trinajstić information content (AvgIpc) is 2.16. The molecule has 1 aromatic carbocycles. The molecule has 4 heteroatoms. The molecule has 0 aliphatic heterocycles. The third-order valence-corrected chi connectivity index (χ3v) is 2.02. The van der Waals surface area contributed by atoms with E-state index in [1.807, 2.05) is 19.9 Å². The summed E-state index contributed by atoms with van der Waals surface area (Å²) in [6.45, 7) is 4.53. The van der Waals surface area contributed by atoms with Gasteiger partial charge in [0.25, 0.3) is 0 Å². The topological polar surface area (TPSA) is 49.3 Å². The summed E-state index contributed by atoms with van der Waals surface area (Å²) in [5.41, 5.74) is 1.42. The standard InChI is InChI=1S/C12H14FNO2/c1-8(2)5-6-14-9-3-4-10(12(15)16)11(13)7-9/h3-5,7,14H,6H2,1-2H3,(H,15,16). The van der Waals surface area contributed by atoms with E-state index in [0.717, 1.165) is 5.57 Å². The molecule has 86 valence electrons. The van der Waals surface area contributed by atoms with Crippen LogP contribution < -0.4 is 5.32 Å². The fourth-order valence-corrected chi connectivity index (χ4v) is 1.17. The van der Waals surface area contributed by atoms with Gasteiger partial charge in [-0.05, 0) is 32.0 Å². The number of halogens is 1. The predicted molar refractivity (Wildman–Crippen MR) is 61.3 cm³/mol.